The third kappa shape index (κ3) is 2.64. The molecule has 5 heteroatoms. The molecule has 1 aromatic carbocycles. The molecule has 2 N–H and O–H groups in total. The summed E-state index contributed by atoms with van der Waals surface area (Å²) in [5, 5.41) is 0. The minimum absolute atomic E-state index is 0.157. The Labute approximate surface area is 117 Å². The van der Waals surface area contributed by atoms with E-state index in [1.807, 2.05) is 37.3 Å². The van der Waals surface area contributed by atoms with E-state index in [4.69, 9.17) is 24.4 Å². The van der Waals surface area contributed by atoms with E-state index in [1.54, 1.807) is 6.26 Å². The highest BCUT2D eigenvalue weighted by Crippen LogP contribution is 2.33. The SMILES string of the molecule is CC(N)C(OCc1ccc2c(c1)OCO2)c1ccco1. The Morgan fingerprint density at radius 2 is 2.10 bits per heavy atom. The molecular formula is C15H17NO4. The molecule has 0 saturated heterocycles. The van der Waals surface area contributed by atoms with Crippen LogP contribution in [0, 0.1) is 0 Å². The predicted octanol–water partition coefficient (Wildman–Crippen LogP) is 2.61. The molecule has 0 aliphatic carbocycles. The van der Waals surface area contributed by atoms with Crippen LogP contribution in [0.5, 0.6) is 11.5 Å². The molecule has 2 unspecified atom stereocenters. The molecule has 20 heavy (non-hydrogen) atoms. The maximum Gasteiger partial charge on any atom is 0.231 e. The minimum Gasteiger partial charge on any atom is -0.467 e. The fourth-order valence-corrected chi connectivity index (χ4v) is 2.16. The molecular weight excluding hydrogens is 258 g/mol. The molecule has 0 amide bonds. The second kappa shape index (κ2) is 5.56. The van der Waals surface area contributed by atoms with Crippen LogP contribution in [0.3, 0.4) is 0 Å². The van der Waals surface area contributed by atoms with Crippen LogP contribution in [0.1, 0.15) is 24.4 Å². The highest BCUT2D eigenvalue weighted by Gasteiger charge is 2.20. The largest absolute Gasteiger partial charge is 0.467 e. The fourth-order valence-electron chi connectivity index (χ4n) is 2.16. The van der Waals surface area contributed by atoms with Crippen molar-refractivity contribution in [2.45, 2.75) is 25.7 Å². The Balaban J connectivity index is 1.68. The Bertz CT molecular complexity index is 565. The molecule has 106 valence electrons. The number of hydrogen-bond donors (Lipinski definition) is 1. The number of furan rings is 1. The average molecular weight is 275 g/mol. The van der Waals surface area contributed by atoms with Crippen molar-refractivity contribution in [1.29, 1.82) is 0 Å². The van der Waals surface area contributed by atoms with E-state index >= 15 is 0 Å². The van der Waals surface area contributed by atoms with Crippen LogP contribution < -0.4 is 15.2 Å². The molecule has 2 atom stereocenters. The van der Waals surface area contributed by atoms with Crippen LogP contribution in [0.4, 0.5) is 0 Å². The van der Waals surface area contributed by atoms with Crippen molar-refractivity contribution in [2.75, 3.05) is 6.79 Å². The van der Waals surface area contributed by atoms with E-state index in [0.29, 0.717) is 6.61 Å². The number of nitrogens with two attached hydrogens (primary N) is 1. The summed E-state index contributed by atoms with van der Waals surface area (Å²) in [5.41, 5.74) is 6.96. The molecule has 2 aromatic rings. The standard InChI is InChI=1S/C15H17NO4/c1-10(16)15(13-3-2-6-17-13)18-8-11-4-5-12-14(7-11)20-9-19-12/h2-7,10,15H,8-9,16H2,1H3. The van der Waals surface area contributed by atoms with Crippen molar-refractivity contribution in [3.05, 3.63) is 47.9 Å². The van der Waals surface area contributed by atoms with E-state index in [2.05, 4.69) is 0 Å². The summed E-state index contributed by atoms with van der Waals surface area (Å²) in [6, 6.07) is 9.29. The highest BCUT2D eigenvalue weighted by molar-refractivity contribution is 5.44. The van der Waals surface area contributed by atoms with Gasteiger partial charge in [0.25, 0.3) is 0 Å². The smallest absolute Gasteiger partial charge is 0.231 e. The van der Waals surface area contributed by atoms with Crippen LogP contribution >= 0.6 is 0 Å². The zero-order valence-electron chi connectivity index (χ0n) is 11.2. The summed E-state index contributed by atoms with van der Waals surface area (Å²) >= 11 is 0. The lowest BCUT2D eigenvalue weighted by Crippen LogP contribution is -2.26. The van der Waals surface area contributed by atoms with Gasteiger partial charge in [0.2, 0.25) is 6.79 Å². The summed E-state index contributed by atoms with van der Waals surface area (Å²) in [7, 11) is 0. The highest BCUT2D eigenvalue weighted by atomic mass is 16.7. The Morgan fingerprint density at radius 3 is 2.85 bits per heavy atom. The third-order valence-corrected chi connectivity index (χ3v) is 3.17. The summed E-state index contributed by atoms with van der Waals surface area (Å²) in [6.07, 6.45) is 1.35. The van der Waals surface area contributed by atoms with Crippen LogP contribution in [-0.4, -0.2) is 12.8 Å². The Morgan fingerprint density at radius 1 is 1.25 bits per heavy atom. The van der Waals surface area contributed by atoms with E-state index < -0.39 is 0 Å². The first-order valence-corrected chi connectivity index (χ1v) is 6.53. The molecule has 3 rings (SSSR count). The second-order valence-electron chi connectivity index (χ2n) is 4.79. The first-order chi connectivity index (χ1) is 9.74. The van der Waals surface area contributed by atoms with E-state index in [0.717, 1.165) is 22.8 Å². The third-order valence-electron chi connectivity index (χ3n) is 3.17. The van der Waals surface area contributed by atoms with Crippen LogP contribution in [0.25, 0.3) is 0 Å². The minimum atomic E-state index is -0.268. The van der Waals surface area contributed by atoms with E-state index in [1.165, 1.54) is 0 Å². The van der Waals surface area contributed by atoms with Crippen molar-refractivity contribution < 1.29 is 18.6 Å². The predicted molar refractivity (Wildman–Crippen MR) is 72.5 cm³/mol. The van der Waals surface area contributed by atoms with Crippen LogP contribution in [-0.2, 0) is 11.3 Å². The van der Waals surface area contributed by atoms with Gasteiger partial charge in [-0.05, 0) is 36.8 Å². The van der Waals surface area contributed by atoms with Gasteiger partial charge in [0, 0.05) is 6.04 Å². The molecule has 0 saturated carbocycles. The van der Waals surface area contributed by atoms with Gasteiger partial charge in [-0.25, -0.2) is 0 Å². The summed E-state index contributed by atoms with van der Waals surface area (Å²) < 4.78 is 21.9. The molecule has 2 heterocycles. The van der Waals surface area contributed by atoms with Gasteiger partial charge in [0.05, 0.1) is 12.9 Å². The molecule has 5 nitrogen and oxygen atoms in total. The molecule has 1 aliphatic rings. The van der Waals surface area contributed by atoms with Crippen LogP contribution in [0.2, 0.25) is 0 Å². The topological polar surface area (TPSA) is 66.9 Å². The van der Waals surface area contributed by atoms with Crippen molar-refractivity contribution in [2.24, 2.45) is 5.73 Å². The van der Waals surface area contributed by atoms with Crippen molar-refractivity contribution >= 4 is 0 Å². The maximum absolute atomic E-state index is 5.95. The molecule has 1 aromatic heterocycles. The number of hydrogen-bond acceptors (Lipinski definition) is 5. The van der Waals surface area contributed by atoms with Crippen molar-refractivity contribution in [3.8, 4) is 11.5 Å². The van der Waals surface area contributed by atoms with Gasteiger partial charge in [-0.1, -0.05) is 6.07 Å². The zero-order valence-corrected chi connectivity index (χ0v) is 11.2. The summed E-state index contributed by atoms with van der Waals surface area (Å²) in [5.74, 6) is 2.26. The lowest BCUT2D eigenvalue weighted by Gasteiger charge is -2.19. The second-order valence-corrected chi connectivity index (χ2v) is 4.79. The average Bonchev–Trinajstić information content (AvgIpc) is 3.08. The zero-order chi connectivity index (χ0) is 13.9. The first kappa shape index (κ1) is 13.0. The molecule has 0 fully saturated rings. The maximum atomic E-state index is 5.95. The number of fused-ring (bicyclic) bond motifs is 1. The van der Waals surface area contributed by atoms with E-state index in [9.17, 15) is 0 Å². The fraction of sp³-hybridized carbons (Fsp3) is 0.333. The molecule has 0 radical (unpaired) electrons. The van der Waals surface area contributed by atoms with Gasteiger partial charge in [-0.15, -0.1) is 0 Å². The van der Waals surface area contributed by atoms with Crippen molar-refractivity contribution in [3.63, 3.8) is 0 Å². The van der Waals surface area contributed by atoms with Gasteiger partial charge in [0.15, 0.2) is 11.5 Å². The monoisotopic (exact) mass is 275 g/mol. The normalized spacial score (nSPS) is 16.1. The van der Waals surface area contributed by atoms with Gasteiger partial charge in [-0.2, -0.15) is 0 Å². The quantitative estimate of drug-likeness (QED) is 0.908. The summed E-state index contributed by atoms with van der Waals surface area (Å²) in [4.78, 5) is 0. The Kier molecular flexibility index (Phi) is 3.62. The van der Waals surface area contributed by atoms with E-state index in [-0.39, 0.29) is 18.9 Å². The number of rotatable bonds is 5. The lowest BCUT2D eigenvalue weighted by atomic mass is 10.1. The number of ether oxygens (including phenoxy) is 3. The first-order valence-electron chi connectivity index (χ1n) is 6.53. The van der Waals surface area contributed by atoms with Crippen molar-refractivity contribution in [1.82, 2.24) is 0 Å². The molecule has 1 aliphatic heterocycles. The van der Waals surface area contributed by atoms with Gasteiger partial charge in [-0.3, -0.25) is 0 Å². The lowest BCUT2D eigenvalue weighted by molar-refractivity contribution is 0.0119. The number of benzene rings is 1. The summed E-state index contributed by atoms with van der Waals surface area (Å²) in [6.45, 7) is 2.60. The van der Waals surface area contributed by atoms with Gasteiger partial charge >= 0.3 is 0 Å². The molecule has 0 spiro atoms. The van der Waals surface area contributed by atoms with Crippen LogP contribution in [0.15, 0.2) is 41.0 Å². The van der Waals surface area contributed by atoms with Gasteiger partial charge in [0.1, 0.15) is 11.9 Å². The Hall–Kier alpha value is -1.98. The molecule has 0 bridgehead atoms. The van der Waals surface area contributed by atoms with Gasteiger partial charge < -0.3 is 24.4 Å².